The van der Waals surface area contributed by atoms with E-state index in [1.807, 2.05) is 6.08 Å². The van der Waals surface area contributed by atoms with Gasteiger partial charge < -0.3 is 5.32 Å². The first-order valence-electron chi connectivity index (χ1n) is 4.17. The highest BCUT2D eigenvalue weighted by atomic mass is 15.2. The molecule has 0 spiro atoms. The first kappa shape index (κ1) is 7.58. The van der Waals surface area contributed by atoms with Crippen molar-refractivity contribution in [2.75, 3.05) is 6.54 Å². The Labute approximate surface area is 72.0 Å². The highest BCUT2D eigenvalue weighted by Crippen LogP contribution is 2.14. The fraction of sp³-hybridized carbons (Fsp3) is 0.333. The van der Waals surface area contributed by atoms with Crippen molar-refractivity contribution in [2.45, 2.75) is 12.7 Å². The summed E-state index contributed by atoms with van der Waals surface area (Å²) in [5.41, 5.74) is 8.23. The molecule has 0 saturated heterocycles. The molecule has 0 bridgehead atoms. The van der Waals surface area contributed by atoms with Crippen LogP contribution in [-0.2, 0) is 0 Å². The fourth-order valence-corrected chi connectivity index (χ4v) is 1.44. The second-order valence-electron chi connectivity index (χ2n) is 3.01. The van der Waals surface area contributed by atoms with E-state index >= 15 is 0 Å². The van der Waals surface area contributed by atoms with Crippen molar-refractivity contribution in [3.63, 3.8) is 0 Å². The van der Waals surface area contributed by atoms with E-state index in [1.54, 1.807) is 0 Å². The zero-order valence-corrected chi connectivity index (χ0v) is 6.88. The van der Waals surface area contributed by atoms with Crippen molar-refractivity contribution in [2.24, 2.45) is 5.73 Å². The Bertz CT molecular complexity index is 263. The zero-order chi connectivity index (χ0) is 8.39. The number of hydrogen-bond donors (Lipinski definition) is 3. The summed E-state index contributed by atoms with van der Waals surface area (Å²) in [4.78, 5) is 0. The largest absolute Gasteiger partial charge is 0.358 e. The van der Waals surface area contributed by atoms with Crippen LogP contribution in [0.1, 0.15) is 6.42 Å². The second kappa shape index (κ2) is 3.13. The SMILES string of the molecule is NC1NCC2=C(C=CC=CC2)N1. The van der Waals surface area contributed by atoms with Crippen molar-refractivity contribution in [3.05, 3.63) is 35.6 Å². The molecule has 4 N–H and O–H groups in total. The van der Waals surface area contributed by atoms with E-state index in [9.17, 15) is 0 Å². The van der Waals surface area contributed by atoms with Gasteiger partial charge in [0.15, 0.2) is 0 Å². The molecule has 0 aromatic carbocycles. The standard InChI is InChI=1S/C9H13N3/c10-9-11-6-7-4-2-1-3-5-8(7)12-9/h1-3,5,9,11-12H,4,6,10H2. The van der Waals surface area contributed by atoms with Crippen molar-refractivity contribution in [1.29, 1.82) is 0 Å². The molecule has 0 radical (unpaired) electrons. The predicted octanol–water partition coefficient (Wildman–Crippen LogP) is 0.192. The number of hydrogen-bond acceptors (Lipinski definition) is 3. The van der Waals surface area contributed by atoms with Gasteiger partial charge in [-0.05, 0) is 18.1 Å². The molecule has 1 unspecified atom stereocenters. The molecule has 3 heteroatoms. The van der Waals surface area contributed by atoms with Gasteiger partial charge in [-0.3, -0.25) is 11.1 Å². The summed E-state index contributed by atoms with van der Waals surface area (Å²) in [6.45, 7) is 0.887. The molecule has 1 aliphatic heterocycles. The molecule has 3 nitrogen and oxygen atoms in total. The van der Waals surface area contributed by atoms with Crippen LogP contribution in [0, 0.1) is 0 Å². The van der Waals surface area contributed by atoms with Crippen molar-refractivity contribution >= 4 is 0 Å². The maximum Gasteiger partial charge on any atom is 0.130 e. The van der Waals surface area contributed by atoms with Crippen LogP contribution in [0.2, 0.25) is 0 Å². The minimum atomic E-state index is -0.105. The maximum atomic E-state index is 5.68. The third-order valence-electron chi connectivity index (χ3n) is 2.10. The Morgan fingerprint density at radius 2 is 2.33 bits per heavy atom. The molecular formula is C9H13N3. The van der Waals surface area contributed by atoms with Crippen LogP contribution in [0.5, 0.6) is 0 Å². The van der Waals surface area contributed by atoms with Gasteiger partial charge in [-0.25, -0.2) is 0 Å². The number of nitrogens with one attached hydrogen (secondary N) is 2. The molecule has 0 aromatic rings. The monoisotopic (exact) mass is 163 g/mol. The van der Waals surface area contributed by atoms with E-state index in [4.69, 9.17) is 5.73 Å². The van der Waals surface area contributed by atoms with Gasteiger partial charge in [0.1, 0.15) is 6.29 Å². The molecule has 0 saturated carbocycles. The lowest BCUT2D eigenvalue weighted by molar-refractivity contribution is 0.465. The Kier molecular flexibility index (Phi) is 1.98. The number of nitrogens with two attached hydrogens (primary N) is 1. The van der Waals surface area contributed by atoms with Crippen LogP contribution in [-0.4, -0.2) is 12.8 Å². The van der Waals surface area contributed by atoms with Gasteiger partial charge >= 0.3 is 0 Å². The lowest BCUT2D eigenvalue weighted by atomic mass is 10.1. The second-order valence-corrected chi connectivity index (χ2v) is 3.01. The Balaban J connectivity index is 2.23. The molecule has 2 aliphatic rings. The van der Waals surface area contributed by atoms with Gasteiger partial charge in [0, 0.05) is 12.2 Å². The fourth-order valence-electron chi connectivity index (χ4n) is 1.44. The van der Waals surface area contributed by atoms with E-state index < -0.39 is 0 Å². The maximum absolute atomic E-state index is 5.68. The van der Waals surface area contributed by atoms with Gasteiger partial charge in [0.25, 0.3) is 0 Å². The molecule has 1 aliphatic carbocycles. The molecule has 12 heavy (non-hydrogen) atoms. The molecule has 1 atom stereocenters. The van der Waals surface area contributed by atoms with Crippen LogP contribution >= 0.6 is 0 Å². The molecule has 2 rings (SSSR count). The summed E-state index contributed by atoms with van der Waals surface area (Å²) in [5.74, 6) is 0. The molecule has 64 valence electrons. The molecule has 0 aromatic heterocycles. The molecule has 0 amide bonds. The summed E-state index contributed by atoms with van der Waals surface area (Å²) in [7, 11) is 0. The summed E-state index contributed by atoms with van der Waals surface area (Å²) >= 11 is 0. The van der Waals surface area contributed by atoms with E-state index in [-0.39, 0.29) is 6.29 Å². The molecular weight excluding hydrogens is 150 g/mol. The van der Waals surface area contributed by atoms with Crippen LogP contribution in [0.15, 0.2) is 35.6 Å². The highest BCUT2D eigenvalue weighted by molar-refractivity contribution is 5.33. The van der Waals surface area contributed by atoms with Gasteiger partial charge in [-0.1, -0.05) is 18.2 Å². The minimum Gasteiger partial charge on any atom is -0.358 e. The number of allylic oxidation sites excluding steroid dienone is 4. The van der Waals surface area contributed by atoms with Crippen molar-refractivity contribution in [3.8, 4) is 0 Å². The smallest absolute Gasteiger partial charge is 0.130 e. The first-order chi connectivity index (χ1) is 5.86. The van der Waals surface area contributed by atoms with Crippen molar-refractivity contribution in [1.82, 2.24) is 10.6 Å². The van der Waals surface area contributed by atoms with Crippen molar-refractivity contribution < 1.29 is 0 Å². The normalized spacial score (nSPS) is 27.9. The zero-order valence-electron chi connectivity index (χ0n) is 6.88. The van der Waals surface area contributed by atoms with Crippen LogP contribution in [0.3, 0.4) is 0 Å². The topological polar surface area (TPSA) is 50.1 Å². The van der Waals surface area contributed by atoms with Crippen LogP contribution in [0.25, 0.3) is 0 Å². The van der Waals surface area contributed by atoms with Gasteiger partial charge in [0.05, 0.1) is 0 Å². The average Bonchev–Trinajstić information content (AvgIpc) is 2.28. The molecule has 1 heterocycles. The minimum absolute atomic E-state index is 0.105. The average molecular weight is 163 g/mol. The third kappa shape index (κ3) is 1.42. The van der Waals surface area contributed by atoms with Gasteiger partial charge in [-0.2, -0.15) is 0 Å². The van der Waals surface area contributed by atoms with Crippen LogP contribution < -0.4 is 16.4 Å². The Morgan fingerprint density at radius 1 is 1.42 bits per heavy atom. The summed E-state index contributed by atoms with van der Waals surface area (Å²) in [6, 6.07) is 0. The van der Waals surface area contributed by atoms with Gasteiger partial charge in [0.2, 0.25) is 0 Å². The van der Waals surface area contributed by atoms with E-state index in [0.29, 0.717) is 0 Å². The summed E-state index contributed by atoms with van der Waals surface area (Å²) < 4.78 is 0. The summed E-state index contributed by atoms with van der Waals surface area (Å²) in [6.07, 6.45) is 9.22. The predicted molar refractivity (Wildman–Crippen MR) is 49.0 cm³/mol. The van der Waals surface area contributed by atoms with E-state index in [0.717, 1.165) is 13.0 Å². The summed E-state index contributed by atoms with van der Waals surface area (Å²) in [5, 5.41) is 6.33. The lowest BCUT2D eigenvalue weighted by Gasteiger charge is -2.25. The highest BCUT2D eigenvalue weighted by Gasteiger charge is 2.13. The van der Waals surface area contributed by atoms with Gasteiger partial charge in [-0.15, -0.1) is 0 Å². The first-order valence-corrected chi connectivity index (χ1v) is 4.17. The quantitative estimate of drug-likeness (QED) is 0.478. The number of rotatable bonds is 0. The third-order valence-corrected chi connectivity index (χ3v) is 2.10. The van der Waals surface area contributed by atoms with Crippen LogP contribution in [0.4, 0.5) is 0 Å². The molecule has 0 fully saturated rings. The Hall–Kier alpha value is -1.06. The Morgan fingerprint density at radius 3 is 3.25 bits per heavy atom. The van der Waals surface area contributed by atoms with E-state index in [1.165, 1.54) is 11.3 Å². The van der Waals surface area contributed by atoms with E-state index in [2.05, 4.69) is 28.9 Å². The lowest BCUT2D eigenvalue weighted by Crippen LogP contribution is -2.52.